The summed E-state index contributed by atoms with van der Waals surface area (Å²) in [5.41, 5.74) is 9.22. The van der Waals surface area contributed by atoms with Crippen molar-refractivity contribution in [2.24, 2.45) is 5.10 Å². The molecule has 0 unspecified atom stereocenters. The van der Waals surface area contributed by atoms with Gasteiger partial charge in [0.15, 0.2) is 5.71 Å². The number of fused-ring (bicyclic) bond motifs is 1. The van der Waals surface area contributed by atoms with Crippen molar-refractivity contribution in [1.82, 2.24) is 0 Å². The Balaban J connectivity index is 1.79. The quantitative estimate of drug-likeness (QED) is 0.449. The lowest BCUT2D eigenvalue weighted by atomic mass is 10.1. The summed E-state index contributed by atoms with van der Waals surface area (Å²) in [5, 5.41) is 23.9. The molecule has 0 bridgehead atoms. The van der Waals surface area contributed by atoms with E-state index in [1.165, 1.54) is 0 Å². The molecule has 1 amide bonds. The molecule has 1 heterocycles. The number of carbonyl (C=O) groups excluding carboxylic acids is 1. The van der Waals surface area contributed by atoms with E-state index in [0.717, 1.165) is 33.6 Å². The fourth-order valence-corrected chi connectivity index (χ4v) is 3.73. The van der Waals surface area contributed by atoms with Crippen molar-refractivity contribution >= 4 is 28.7 Å². The van der Waals surface area contributed by atoms with Crippen LogP contribution in [0.15, 0.2) is 59.7 Å². The average Bonchev–Trinajstić information content (AvgIpc) is 2.97. The molecule has 152 valence electrons. The van der Waals surface area contributed by atoms with Crippen LogP contribution in [-0.2, 0) is 11.4 Å². The number of nitrogens with one attached hydrogen (secondary N) is 1. The summed E-state index contributed by atoms with van der Waals surface area (Å²) in [6, 6.07) is 16.8. The number of amides is 1. The van der Waals surface area contributed by atoms with Gasteiger partial charge in [0.1, 0.15) is 5.75 Å². The number of para-hydroxylation sites is 1. The Morgan fingerprint density at radius 2 is 1.70 bits per heavy atom. The number of aromatic hydroxyl groups is 1. The van der Waals surface area contributed by atoms with Crippen molar-refractivity contribution in [2.45, 2.75) is 27.4 Å². The average molecular weight is 401 g/mol. The third-order valence-corrected chi connectivity index (χ3v) is 5.10. The summed E-state index contributed by atoms with van der Waals surface area (Å²) < 4.78 is 0. The number of hydrogen-bond acceptors (Lipinski definition) is 5. The number of aliphatic hydroxyl groups is 1. The monoisotopic (exact) mass is 401 g/mol. The first-order valence-corrected chi connectivity index (χ1v) is 9.68. The zero-order chi connectivity index (χ0) is 21.4. The Kier molecular flexibility index (Phi) is 5.01. The zero-order valence-corrected chi connectivity index (χ0v) is 17.1. The van der Waals surface area contributed by atoms with Gasteiger partial charge >= 0.3 is 0 Å². The van der Waals surface area contributed by atoms with E-state index in [9.17, 15) is 15.0 Å². The number of aryl methyl sites for hydroxylation is 3. The second-order valence-electron chi connectivity index (χ2n) is 7.55. The summed E-state index contributed by atoms with van der Waals surface area (Å²) >= 11 is 0. The third-order valence-electron chi connectivity index (χ3n) is 5.10. The van der Waals surface area contributed by atoms with E-state index in [1.807, 2.05) is 51.1 Å². The first kappa shape index (κ1) is 19.7. The number of nitrogens with zero attached hydrogens (tertiary/aromatic N) is 2. The maximum absolute atomic E-state index is 13.4. The van der Waals surface area contributed by atoms with Gasteiger partial charge in [0.2, 0.25) is 0 Å². The SMILES string of the molecule is Cc1cc(C)cc(N2C(=O)/C(=N\Nc3cccc(CO)c3O)c3ccc(C)cc32)c1. The van der Waals surface area contributed by atoms with E-state index in [2.05, 4.69) is 16.6 Å². The molecule has 4 rings (SSSR count). The molecule has 30 heavy (non-hydrogen) atoms. The molecule has 1 aliphatic heterocycles. The summed E-state index contributed by atoms with van der Waals surface area (Å²) in [7, 11) is 0. The minimum atomic E-state index is -0.292. The fourth-order valence-electron chi connectivity index (χ4n) is 3.73. The van der Waals surface area contributed by atoms with E-state index in [-0.39, 0.29) is 24.0 Å². The van der Waals surface area contributed by atoms with Crippen LogP contribution in [0.1, 0.15) is 27.8 Å². The lowest BCUT2D eigenvalue weighted by Gasteiger charge is -2.18. The van der Waals surface area contributed by atoms with Crippen LogP contribution in [-0.4, -0.2) is 21.8 Å². The van der Waals surface area contributed by atoms with Crippen LogP contribution in [0, 0.1) is 20.8 Å². The van der Waals surface area contributed by atoms with E-state index in [0.29, 0.717) is 11.3 Å². The van der Waals surface area contributed by atoms with Gasteiger partial charge in [0.25, 0.3) is 5.91 Å². The van der Waals surface area contributed by atoms with Crippen LogP contribution in [0.4, 0.5) is 17.1 Å². The lowest BCUT2D eigenvalue weighted by molar-refractivity contribution is -0.111. The number of phenols is 1. The summed E-state index contributed by atoms with van der Waals surface area (Å²) in [5.74, 6) is -0.337. The molecule has 0 saturated carbocycles. The van der Waals surface area contributed by atoms with Crippen LogP contribution in [0.25, 0.3) is 0 Å². The van der Waals surface area contributed by atoms with Crippen molar-refractivity contribution in [3.63, 3.8) is 0 Å². The van der Waals surface area contributed by atoms with Crippen LogP contribution in [0.2, 0.25) is 0 Å². The van der Waals surface area contributed by atoms with Crippen molar-refractivity contribution in [1.29, 1.82) is 0 Å². The van der Waals surface area contributed by atoms with E-state index >= 15 is 0 Å². The zero-order valence-electron chi connectivity index (χ0n) is 17.1. The summed E-state index contributed by atoms with van der Waals surface area (Å²) in [4.78, 5) is 15.1. The topological polar surface area (TPSA) is 85.2 Å². The lowest BCUT2D eigenvalue weighted by Crippen LogP contribution is -2.26. The Hall–Kier alpha value is -3.64. The highest BCUT2D eigenvalue weighted by molar-refractivity contribution is 6.55. The predicted molar refractivity (Wildman–Crippen MR) is 118 cm³/mol. The van der Waals surface area contributed by atoms with Crippen molar-refractivity contribution in [3.05, 3.63) is 82.4 Å². The highest BCUT2D eigenvalue weighted by Gasteiger charge is 2.35. The molecule has 1 aliphatic rings. The van der Waals surface area contributed by atoms with Gasteiger partial charge in [0.05, 0.1) is 18.0 Å². The first-order valence-electron chi connectivity index (χ1n) is 9.68. The molecular formula is C24H23N3O3. The Labute approximate surface area is 175 Å². The molecular weight excluding hydrogens is 378 g/mol. The number of hydrogen-bond donors (Lipinski definition) is 3. The summed E-state index contributed by atoms with van der Waals surface area (Å²) in [6.45, 7) is 5.69. The largest absolute Gasteiger partial charge is 0.505 e. The van der Waals surface area contributed by atoms with E-state index < -0.39 is 0 Å². The number of hydrazone groups is 1. The van der Waals surface area contributed by atoms with Crippen molar-refractivity contribution < 1.29 is 15.0 Å². The van der Waals surface area contributed by atoms with E-state index in [1.54, 1.807) is 23.1 Å². The number of rotatable bonds is 4. The maximum Gasteiger partial charge on any atom is 0.283 e. The van der Waals surface area contributed by atoms with E-state index in [4.69, 9.17) is 0 Å². The molecule has 6 heteroatoms. The van der Waals surface area contributed by atoms with Gasteiger partial charge in [-0.25, -0.2) is 0 Å². The van der Waals surface area contributed by atoms with Crippen LogP contribution in [0.5, 0.6) is 5.75 Å². The Morgan fingerprint density at radius 1 is 0.967 bits per heavy atom. The first-order chi connectivity index (χ1) is 14.4. The molecule has 3 aromatic rings. The predicted octanol–water partition coefficient (Wildman–Crippen LogP) is 4.30. The van der Waals surface area contributed by atoms with Crippen LogP contribution >= 0.6 is 0 Å². The molecule has 0 saturated heterocycles. The smallest absolute Gasteiger partial charge is 0.283 e. The fraction of sp³-hybridized carbons (Fsp3) is 0.167. The number of anilines is 3. The molecule has 0 radical (unpaired) electrons. The van der Waals surface area contributed by atoms with Gasteiger partial charge in [-0.1, -0.05) is 30.3 Å². The molecule has 0 spiro atoms. The normalized spacial score (nSPS) is 14.3. The molecule has 6 nitrogen and oxygen atoms in total. The molecule has 0 aromatic heterocycles. The highest BCUT2D eigenvalue weighted by atomic mass is 16.3. The van der Waals surface area contributed by atoms with Gasteiger partial charge in [-0.15, -0.1) is 0 Å². The van der Waals surface area contributed by atoms with Gasteiger partial charge in [-0.05, 0) is 61.7 Å². The Morgan fingerprint density at radius 3 is 2.40 bits per heavy atom. The molecule has 0 fully saturated rings. The molecule has 3 aromatic carbocycles. The third kappa shape index (κ3) is 3.42. The van der Waals surface area contributed by atoms with Crippen molar-refractivity contribution in [2.75, 3.05) is 10.3 Å². The maximum atomic E-state index is 13.4. The number of aliphatic hydroxyl groups excluding tert-OH is 1. The summed E-state index contributed by atoms with van der Waals surface area (Å²) in [6.07, 6.45) is 0. The van der Waals surface area contributed by atoms with Crippen LogP contribution in [0.3, 0.4) is 0 Å². The number of benzene rings is 3. The van der Waals surface area contributed by atoms with Crippen molar-refractivity contribution in [3.8, 4) is 5.75 Å². The second-order valence-corrected chi connectivity index (χ2v) is 7.55. The molecule has 0 aliphatic carbocycles. The number of carbonyl (C=O) groups is 1. The minimum Gasteiger partial charge on any atom is -0.505 e. The highest BCUT2D eigenvalue weighted by Crippen LogP contribution is 2.37. The van der Waals surface area contributed by atoms with Gasteiger partial charge in [0, 0.05) is 16.8 Å². The van der Waals surface area contributed by atoms with Gasteiger partial charge < -0.3 is 10.2 Å². The minimum absolute atomic E-state index is 0.0925. The van der Waals surface area contributed by atoms with Crippen LogP contribution < -0.4 is 10.3 Å². The van der Waals surface area contributed by atoms with Gasteiger partial charge in [-0.3, -0.25) is 15.1 Å². The van der Waals surface area contributed by atoms with Gasteiger partial charge in [-0.2, -0.15) is 5.10 Å². The Bertz CT molecular complexity index is 1160. The standard InChI is InChI=1S/C24H23N3O3/c1-14-7-8-19-21(12-14)27(18-10-15(2)9-16(3)11-18)24(30)22(19)26-25-20-6-4-5-17(13-28)23(20)29/h4-12,25,28-29H,13H2,1-3H3/b26-22-. The molecule has 3 N–H and O–H groups in total. The second kappa shape index (κ2) is 7.65. The molecule has 0 atom stereocenters.